The number of nitrogens with zero attached hydrogens (tertiary/aromatic N) is 1. The van der Waals surface area contributed by atoms with Crippen LogP contribution in [0.5, 0.6) is 0 Å². The van der Waals surface area contributed by atoms with E-state index in [4.69, 9.17) is 0 Å². The Labute approximate surface area is 86.1 Å². The molecule has 0 aliphatic heterocycles. The number of aliphatic hydroxyl groups excluding tert-OH is 1. The number of nitro benzene ring substituents is 1. The van der Waals surface area contributed by atoms with Crippen molar-refractivity contribution < 1.29 is 10.0 Å². The van der Waals surface area contributed by atoms with Crippen LogP contribution in [-0.2, 0) is 0 Å². The summed E-state index contributed by atoms with van der Waals surface area (Å²) < 4.78 is 0. The molecule has 5 heteroatoms. The molecule has 14 heavy (non-hydrogen) atoms. The number of benzene rings is 1. The molecule has 0 fully saturated rings. The number of thioether (sulfide) groups is 1. The molecule has 0 radical (unpaired) electrons. The quantitative estimate of drug-likeness (QED) is 0.475. The number of nitro groups is 1. The van der Waals surface area contributed by atoms with E-state index in [0.717, 1.165) is 0 Å². The lowest BCUT2D eigenvalue weighted by molar-refractivity contribution is -0.387. The summed E-state index contributed by atoms with van der Waals surface area (Å²) >= 11 is 1.32. The van der Waals surface area contributed by atoms with E-state index in [0.29, 0.717) is 10.5 Å². The lowest BCUT2D eigenvalue weighted by Gasteiger charge is -2.05. The van der Waals surface area contributed by atoms with Gasteiger partial charge in [0.25, 0.3) is 5.69 Å². The highest BCUT2D eigenvalue weighted by molar-refractivity contribution is 7.98. The molecule has 0 spiro atoms. The van der Waals surface area contributed by atoms with Crippen molar-refractivity contribution in [1.29, 1.82) is 0 Å². The molecule has 4 nitrogen and oxygen atoms in total. The second-order valence-corrected chi connectivity index (χ2v) is 3.71. The molecule has 0 saturated carbocycles. The van der Waals surface area contributed by atoms with Gasteiger partial charge in [-0.05, 0) is 24.8 Å². The van der Waals surface area contributed by atoms with Crippen molar-refractivity contribution >= 4 is 17.4 Å². The van der Waals surface area contributed by atoms with Crippen LogP contribution in [0.15, 0.2) is 23.1 Å². The molecule has 0 unspecified atom stereocenters. The van der Waals surface area contributed by atoms with E-state index < -0.39 is 11.0 Å². The van der Waals surface area contributed by atoms with Gasteiger partial charge in [-0.25, -0.2) is 0 Å². The number of hydrogen-bond acceptors (Lipinski definition) is 4. The van der Waals surface area contributed by atoms with E-state index in [1.165, 1.54) is 17.8 Å². The second-order valence-electron chi connectivity index (χ2n) is 2.86. The average Bonchev–Trinajstić information content (AvgIpc) is 2.16. The molecule has 0 amide bonds. The Morgan fingerprint density at radius 1 is 1.57 bits per heavy atom. The third-order valence-electron chi connectivity index (χ3n) is 1.88. The molecule has 1 N–H and O–H groups in total. The summed E-state index contributed by atoms with van der Waals surface area (Å²) in [4.78, 5) is 10.8. The van der Waals surface area contributed by atoms with E-state index in [1.54, 1.807) is 25.3 Å². The first-order valence-electron chi connectivity index (χ1n) is 4.06. The predicted molar refractivity (Wildman–Crippen MR) is 55.5 cm³/mol. The minimum absolute atomic E-state index is 0.0518. The van der Waals surface area contributed by atoms with Gasteiger partial charge in [0.2, 0.25) is 0 Å². The van der Waals surface area contributed by atoms with Gasteiger partial charge in [0.1, 0.15) is 0 Å². The standard InChI is InChI=1S/C9H11NO3S/c1-6(11)7-3-4-9(14-2)8(5-7)10(12)13/h3-6,11H,1-2H3/t6-/m0/s1. The van der Waals surface area contributed by atoms with Crippen molar-refractivity contribution in [3.05, 3.63) is 33.9 Å². The van der Waals surface area contributed by atoms with Gasteiger partial charge in [0, 0.05) is 6.07 Å². The van der Waals surface area contributed by atoms with Crippen LogP contribution in [0.2, 0.25) is 0 Å². The highest BCUT2D eigenvalue weighted by Gasteiger charge is 2.15. The maximum atomic E-state index is 10.7. The fraction of sp³-hybridized carbons (Fsp3) is 0.333. The monoisotopic (exact) mass is 213 g/mol. The van der Waals surface area contributed by atoms with E-state index in [1.807, 2.05) is 0 Å². The minimum atomic E-state index is -0.676. The van der Waals surface area contributed by atoms with E-state index >= 15 is 0 Å². The van der Waals surface area contributed by atoms with Crippen molar-refractivity contribution in [2.45, 2.75) is 17.9 Å². The van der Waals surface area contributed by atoms with Crippen LogP contribution in [0.4, 0.5) is 5.69 Å². The molecule has 0 heterocycles. The number of aliphatic hydroxyl groups is 1. The third kappa shape index (κ3) is 2.24. The SMILES string of the molecule is CSc1ccc([C@H](C)O)cc1[N+](=O)[O-]. The zero-order chi connectivity index (χ0) is 10.7. The van der Waals surface area contributed by atoms with Crippen LogP contribution < -0.4 is 0 Å². The van der Waals surface area contributed by atoms with Crippen molar-refractivity contribution in [3.8, 4) is 0 Å². The van der Waals surface area contributed by atoms with Crippen LogP contribution in [0.3, 0.4) is 0 Å². The summed E-state index contributed by atoms with van der Waals surface area (Å²) in [5.41, 5.74) is 0.616. The maximum Gasteiger partial charge on any atom is 0.283 e. The van der Waals surface area contributed by atoms with Gasteiger partial charge in [-0.15, -0.1) is 11.8 Å². The summed E-state index contributed by atoms with van der Waals surface area (Å²) in [6.07, 6.45) is 1.11. The molecule has 0 aliphatic rings. The molecule has 1 aromatic carbocycles. The lowest BCUT2D eigenvalue weighted by Crippen LogP contribution is -1.95. The fourth-order valence-electron chi connectivity index (χ4n) is 1.11. The molecule has 0 bridgehead atoms. The molecule has 1 aromatic rings. The lowest BCUT2D eigenvalue weighted by atomic mass is 10.1. The van der Waals surface area contributed by atoms with Gasteiger partial charge in [-0.3, -0.25) is 10.1 Å². The van der Waals surface area contributed by atoms with E-state index in [2.05, 4.69) is 0 Å². The number of rotatable bonds is 3. The Balaban J connectivity index is 3.21. The van der Waals surface area contributed by atoms with Crippen LogP contribution >= 0.6 is 11.8 Å². The van der Waals surface area contributed by atoms with Crippen LogP contribution in [0, 0.1) is 10.1 Å². The first-order chi connectivity index (χ1) is 6.56. The average molecular weight is 213 g/mol. The summed E-state index contributed by atoms with van der Waals surface area (Å²) in [6.45, 7) is 1.58. The highest BCUT2D eigenvalue weighted by Crippen LogP contribution is 2.29. The fourth-order valence-corrected chi connectivity index (χ4v) is 1.66. The normalized spacial score (nSPS) is 12.5. The van der Waals surface area contributed by atoms with E-state index in [9.17, 15) is 15.2 Å². The van der Waals surface area contributed by atoms with Gasteiger partial charge >= 0.3 is 0 Å². The third-order valence-corrected chi connectivity index (χ3v) is 2.67. The minimum Gasteiger partial charge on any atom is -0.389 e. The van der Waals surface area contributed by atoms with Crippen LogP contribution in [0.1, 0.15) is 18.6 Å². The summed E-state index contributed by atoms with van der Waals surface area (Å²) in [5.74, 6) is 0. The number of hydrogen-bond donors (Lipinski definition) is 1. The topological polar surface area (TPSA) is 63.4 Å². The van der Waals surface area contributed by atoms with Gasteiger partial charge in [-0.2, -0.15) is 0 Å². The summed E-state index contributed by atoms with van der Waals surface area (Å²) in [7, 11) is 0. The van der Waals surface area contributed by atoms with Crippen LogP contribution in [-0.4, -0.2) is 16.3 Å². The Hall–Kier alpha value is -1.07. The van der Waals surface area contributed by atoms with Crippen molar-refractivity contribution in [2.75, 3.05) is 6.26 Å². The highest BCUT2D eigenvalue weighted by atomic mass is 32.2. The molecule has 76 valence electrons. The smallest absolute Gasteiger partial charge is 0.283 e. The Kier molecular flexibility index (Phi) is 3.49. The van der Waals surface area contributed by atoms with Gasteiger partial charge in [-0.1, -0.05) is 6.07 Å². The largest absolute Gasteiger partial charge is 0.389 e. The molecule has 0 aromatic heterocycles. The summed E-state index contributed by atoms with van der Waals surface area (Å²) in [6, 6.07) is 4.77. The van der Waals surface area contributed by atoms with Crippen LogP contribution in [0.25, 0.3) is 0 Å². The molecular weight excluding hydrogens is 202 g/mol. The van der Waals surface area contributed by atoms with Crippen molar-refractivity contribution in [1.82, 2.24) is 0 Å². The molecule has 0 saturated heterocycles. The zero-order valence-electron chi connectivity index (χ0n) is 7.93. The second kappa shape index (κ2) is 4.43. The maximum absolute atomic E-state index is 10.7. The molecule has 1 atom stereocenters. The molecular formula is C9H11NO3S. The Bertz CT molecular complexity index is 352. The first kappa shape index (κ1) is 11.0. The first-order valence-corrected chi connectivity index (χ1v) is 5.29. The van der Waals surface area contributed by atoms with Crippen molar-refractivity contribution in [2.24, 2.45) is 0 Å². The Morgan fingerprint density at radius 3 is 2.64 bits per heavy atom. The van der Waals surface area contributed by atoms with E-state index in [-0.39, 0.29) is 5.69 Å². The molecule has 0 aliphatic carbocycles. The van der Waals surface area contributed by atoms with Gasteiger partial charge in [0.15, 0.2) is 0 Å². The predicted octanol–water partition coefficient (Wildman–Crippen LogP) is 2.37. The zero-order valence-corrected chi connectivity index (χ0v) is 8.75. The Morgan fingerprint density at radius 2 is 2.21 bits per heavy atom. The van der Waals surface area contributed by atoms with Crippen molar-refractivity contribution in [3.63, 3.8) is 0 Å². The molecule has 1 rings (SSSR count). The summed E-state index contributed by atoms with van der Waals surface area (Å²) in [5, 5.41) is 19.9. The van der Waals surface area contributed by atoms with Gasteiger partial charge in [0.05, 0.1) is 15.9 Å². The van der Waals surface area contributed by atoms with Gasteiger partial charge < -0.3 is 5.11 Å².